The average molecular weight is 755 g/mol. The predicted molar refractivity (Wildman–Crippen MR) is 236 cm³/mol. The summed E-state index contributed by atoms with van der Waals surface area (Å²) in [6.45, 7) is 0. The van der Waals surface area contributed by atoms with Gasteiger partial charge in [-0.15, -0.1) is 0 Å². The molecule has 0 unspecified atom stereocenters. The molecule has 0 N–H and O–H groups in total. The summed E-state index contributed by atoms with van der Waals surface area (Å²) in [7, 11) is 0. The van der Waals surface area contributed by atoms with Gasteiger partial charge in [0.25, 0.3) is 0 Å². The zero-order valence-corrected chi connectivity index (χ0v) is 30.0. The third-order valence-corrected chi connectivity index (χ3v) is 10.9. The summed E-state index contributed by atoms with van der Waals surface area (Å²) in [6.07, 6.45) is 0. The lowest BCUT2D eigenvalue weighted by Gasteiger charge is -2.16. The fraction of sp³-hybridized carbons (Fsp3) is 0. The van der Waals surface area contributed by atoms with Crippen LogP contribution in [0.4, 0.5) is 0 Å². The smallest absolute Gasteiger partial charge is 0.240 e. The minimum atomic E-state index is -0.594. The molecule has 8 aromatic carbocycles. The molecule has 270 valence electrons. The van der Waals surface area contributed by atoms with E-state index < -0.39 is 60.4 Å². The average Bonchev–Trinajstić information content (AvgIpc) is 4.13. The van der Waals surface area contributed by atoms with Crippen LogP contribution in [0.25, 0.3) is 116 Å². The largest absolute Gasteiger partial charge is 0.456 e. The number of nitrogens with zero attached hydrogens (tertiary/aromatic N) is 6. The highest BCUT2D eigenvalue weighted by Crippen LogP contribution is 2.43. The van der Waals surface area contributed by atoms with Gasteiger partial charge in [-0.1, -0.05) is 121 Å². The lowest BCUT2D eigenvalue weighted by atomic mass is 10.1. The van der Waals surface area contributed by atoms with Gasteiger partial charge in [0.05, 0.1) is 60.6 Å². The van der Waals surface area contributed by atoms with Crippen molar-refractivity contribution in [1.29, 1.82) is 0 Å². The number of hydrogen-bond donors (Lipinski definition) is 0. The highest BCUT2D eigenvalue weighted by molar-refractivity contribution is 6.24. The van der Waals surface area contributed by atoms with Crippen LogP contribution in [0.2, 0.25) is 0 Å². The van der Waals surface area contributed by atoms with Gasteiger partial charge in [0, 0.05) is 43.3 Å². The summed E-state index contributed by atoms with van der Waals surface area (Å²) in [5, 5.41) is 4.26. The third-order valence-electron chi connectivity index (χ3n) is 10.9. The van der Waals surface area contributed by atoms with Gasteiger partial charge in [0.1, 0.15) is 11.2 Å². The van der Waals surface area contributed by atoms with E-state index in [-0.39, 0.29) is 62.9 Å². The number of hydrogen-bond acceptors (Lipinski definition) is 4. The molecule has 0 spiro atoms. The summed E-state index contributed by atoms with van der Waals surface area (Å²) >= 11 is 0. The van der Waals surface area contributed by atoms with E-state index >= 15 is 0 Å². The van der Waals surface area contributed by atoms with Gasteiger partial charge < -0.3 is 8.98 Å². The number of aromatic nitrogens is 6. The maximum atomic E-state index is 9.81. The monoisotopic (exact) mass is 754 g/mol. The molecule has 58 heavy (non-hydrogen) atoms. The fourth-order valence-corrected chi connectivity index (χ4v) is 8.55. The second-order valence-corrected chi connectivity index (χ2v) is 13.9. The van der Waals surface area contributed by atoms with Gasteiger partial charge >= 0.3 is 0 Å². The van der Waals surface area contributed by atoms with Gasteiger partial charge in [0.15, 0.2) is 5.82 Å². The van der Waals surface area contributed by atoms with Crippen molar-refractivity contribution in [2.45, 2.75) is 0 Å². The molecule has 0 aliphatic carbocycles. The minimum absolute atomic E-state index is 0.0197. The first-order valence-corrected chi connectivity index (χ1v) is 18.5. The van der Waals surface area contributed by atoms with Crippen molar-refractivity contribution in [1.82, 2.24) is 28.7 Å². The molecule has 7 heteroatoms. The summed E-state index contributed by atoms with van der Waals surface area (Å²) in [5.41, 5.74) is 2.94. The van der Waals surface area contributed by atoms with Crippen molar-refractivity contribution in [2.75, 3.05) is 0 Å². The Balaban J connectivity index is 1.25. The second kappa shape index (κ2) is 11.7. The van der Waals surface area contributed by atoms with Crippen molar-refractivity contribution >= 4 is 87.4 Å². The maximum Gasteiger partial charge on any atom is 0.240 e. The minimum Gasteiger partial charge on any atom is -0.456 e. The number of fused-ring (bicyclic) bond motifs is 13. The highest BCUT2D eigenvalue weighted by atomic mass is 16.3. The number of benzene rings is 8. The third kappa shape index (κ3) is 4.24. The zero-order valence-electron chi connectivity index (χ0n) is 42.0. The Labute approximate surface area is 347 Å². The van der Waals surface area contributed by atoms with Crippen LogP contribution in [0.3, 0.4) is 0 Å². The first-order valence-electron chi connectivity index (χ1n) is 24.5. The molecule has 5 aromatic heterocycles. The van der Waals surface area contributed by atoms with Crippen LogP contribution in [-0.4, -0.2) is 28.7 Å². The predicted octanol–water partition coefficient (Wildman–Crippen LogP) is 12.7. The van der Waals surface area contributed by atoms with Gasteiger partial charge in [-0.05, 0) is 60.6 Å². The van der Waals surface area contributed by atoms with Gasteiger partial charge in [-0.25, -0.2) is 0 Å². The molecule has 0 atom stereocenters. The van der Waals surface area contributed by atoms with Crippen molar-refractivity contribution in [3.63, 3.8) is 0 Å². The molecular formula is C51H30N6O. The van der Waals surface area contributed by atoms with E-state index in [9.17, 15) is 8.22 Å². The molecule has 0 bridgehead atoms. The number of furan rings is 1. The Hall–Kier alpha value is -8.03. The van der Waals surface area contributed by atoms with Crippen LogP contribution in [0, 0.1) is 0 Å². The first kappa shape index (κ1) is 21.9. The molecule has 0 radical (unpaired) electrons. The Kier molecular flexibility index (Phi) is 4.43. The van der Waals surface area contributed by atoms with Crippen LogP contribution in [0.1, 0.15) is 16.4 Å². The van der Waals surface area contributed by atoms with Gasteiger partial charge in [0.2, 0.25) is 11.9 Å². The van der Waals surface area contributed by atoms with Gasteiger partial charge in [-0.3, -0.25) is 9.13 Å². The molecule has 0 fully saturated rings. The number of para-hydroxylation sites is 7. The summed E-state index contributed by atoms with van der Waals surface area (Å²) in [5.74, 6) is -0.714. The Morgan fingerprint density at radius 1 is 0.397 bits per heavy atom. The first-order chi connectivity index (χ1) is 33.8. The Bertz CT molecular complexity index is 4380. The lowest BCUT2D eigenvalue weighted by molar-refractivity contribution is 0.669. The van der Waals surface area contributed by atoms with Crippen LogP contribution in [0.15, 0.2) is 186 Å². The van der Waals surface area contributed by atoms with Crippen molar-refractivity contribution in [2.24, 2.45) is 0 Å². The van der Waals surface area contributed by atoms with Gasteiger partial charge in [-0.2, -0.15) is 15.0 Å². The molecule has 0 saturated heterocycles. The molecule has 0 amide bonds. The van der Waals surface area contributed by atoms with E-state index in [1.807, 2.05) is 60.7 Å². The van der Waals surface area contributed by atoms with Crippen LogP contribution in [-0.2, 0) is 0 Å². The summed E-state index contributed by atoms with van der Waals surface area (Å²) in [4.78, 5) is 15.2. The van der Waals surface area contributed by atoms with Crippen molar-refractivity contribution in [3.8, 4) is 29.0 Å². The van der Waals surface area contributed by atoms with E-state index in [4.69, 9.17) is 27.6 Å². The van der Waals surface area contributed by atoms with Crippen molar-refractivity contribution < 1.29 is 20.9 Å². The molecular weight excluding hydrogens is 713 g/mol. The normalized spacial score (nSPS) is 15.0. The number of rotatable bonds is 4. The molecule has 0 aliphatic rings. The van der Waals surface area contributed by atoms with Crippen LogP contribution in [0.5, 0.6) is 0 Å². The van der Waals surface area contributed by atoms with Crippen molar-refractivity contribution in [3.05, 3.63) is 182 Å². The molecule has 13 rings (SSSR count). The fourth-order valence-electron chi connectivity index (χ4n) is 8.55. The zero-order chi connectivity index (χ0) is 48.3. The molecule has 0 aliphatic heterocycles. The Morgan fingerprint density at radius 3 is 1.57 bits per heavy atom. The SMILES string of the molecule is [2H]c1c([2H])c([2H])c(-n2c3ccccc3c3ccc4oc5ccccc5c4c32)c(-c2nc(-n3c4ccccc4c4c([2H])c([2H])c([2H])c([2H])c43)nc(-n3c4ccccc4c4c([2H])c([2H])c([2H])c([2H])c43)n2)c1[2H]. The molecule has 5 heterocycles. The van der Waals surface area contributed by atoms with E-state index in [1.165, 1.54) is 9.13 Å². The van der Waals surface area contributed by atoms with Crippen LogP contribution < -0.4 is 0 Å². The van der Waals surface area contributed by atoms with Crippen LogP contribution >= 0.6 is 0 Å². The quantitative estimate of drug-likeness (QED) is 0.179. The summed E-state index contributed by atoms with van der Waals surface area (Å²) in [6, 6.07) is 27.2. The topological polar surface area (TPSA) is 66.6 Å². The maximum absolute atomic E-state index is 9.81. The van der Waals surface area contributed by atoms with E-state index in [2.05, 4.69) is 0 Å². The van der Waals surface area contributed by atoms with E-state index in [0.717, 1.165) is 16.2 Å². The summed E-state index contributed by atoms with van der Waals surface area (Å²) < 4.78 is 121. The van der Waals surface area contributed by atoms with E-state index in [0.29, 0.717) is 49.4 Å². The Morgan fingerprint density at radius 2 is 0.914 bits per heavy atom. The molecule has 0 saturated carbocycles. The lowest BCUT2D eigenvalue weighted by Crippen LogP contribution is -2.11. The standard InChI is InChI=1S/C51H30N6O/c1-9-23-40-31(15-1)32-16-2-10-24-41(32)56(40)50-52-49(53-51(54-50)57-42-25-11-3-17-33(42)34-18-4-12-26-43(34)57)37-20-6-13-27-44(37)55-39-22-8-5-19-35(39)36-29-30-46-47(48(36)55)38-21-7-14-28-45(38)58-46/h1-30H/i1D,3D,6D,9D,11D,13D,15D,17D,20D,23D,25D,27D. The van der Waals surface area contributed by atoms with E-state index in [1.54, 1.807) is 53.1 Å². The molecule has 7 nitrogen and oxygen atoms in total. The second-order valence-electron chi connectivity index (χ2n) is 13.9. The highest BCUT2D eigenvalue weighted by Gasteiger charge is 2.24. The molecule has 13 aromatic rings.